The smallest absolute Gasteiger partial charge is 0.274 e. The van der Waals surface area contributed by atoms with Gasteiger partial charge in [-0.1, -0.05) is 12.2 Å². The van der Waals surface area contributed by atoms with Crippen LogP contribution in [0, 0.1) is 23.7 Å². The van der Waals surface area contributed by atoms with E-state index in [1.165, 1.54) is 0 Å². The monoisotopic (exact) mass is 315 g/mol. The molecule has 1 saturated carbocycles. The van der Waals surface area contributed by atoms with Gasteiger partial charge in [0.1, 0.15) is 5.69 Å². The highest BCUT2D eigenvalue weighted by molar-refractivity contribution is 6.22. The maximum atomic E-state index is 12.7. The Morgan fingerprint density at radius 2 is 1.65 bits per heavy atom. The number of hydrogen-bond donors (Lipinski definition) is 1. The number of nitrogens with one attached hydrogen (secondary N) is 1. The standard InChI is InChI=1S/C15H13N3O5/c1-6(19)17-5-9(12(20)16-15(17)23)18-13(21)10-7-2-3-8(4-7)11(10)14(18)22/h2-3,5,7-8,10-11H,4H2,1H3,(H,16,20,23). The summed E-state index contributed by atoms with van der Waals surface area (Å²) >= 11 is 0. The summed E-state index contributed by atoms with van der Waals surface area (Å²) in [6.45, 7) is 1.15. The first-order valence-electron chi connectivity index (χ1n) is 7.33. The number of rotatable bonds is 1. The van der Waals surface area contributed by atoms with E-state index < -0.39 is 40.8 Å². The summed E-state index contributed by atoms with van der Waals surface area (Å²) < 4.78 is 0.679. The van der Waals surface area contributed by atoms with E-state index in [1.54, 1.807) is 0 Å². The summed E-state index contributed by atoms with van der Waals surface area (Å²) in [5.41, 5.74) is -2.02. The van der Waals surface area contributed by atoms with Gasteiger partial charge in [0.05, 0.1) is 11.8 Å². The Morgan fingerprint density at radius 3 is 2.17 bits per heavy atom. The van der Waals surface area contributed by atoms with Gasteiger partial charge in [-0.25, -0.2) is 14.3 Å². The van der Waals surface area contributed by atoms with Crippen molar-refractivity contribution in [3.05, 3.63) is 39.2 Å². The zero-order valence-electron chi connectivity index (χ0n) is 12.2. The molecular formula is C15H13N3O5. The van der Waals surface area contributed by atoms with Crippen LogP contribution < -0.4 is 16.1 Å². The van der Waals surface area contributed by atoms with Crippen molar-refractivity contribution in [2.45, 2.75) is 13.3 Å². The Balaban J connectivity index is 1.84. The third kappa shape index (κ3) is 1.68. The number of nitrogens with zero attached hydrogens (tertiary/aromatic N) is 2. The molecule has 1 aromatic rings. The van der Waals surface area contributed by atoms with Crippen LogP contribution in [0.3, 0.4) is 0 Å². The second-order valence-electron chi connectivity index (χ2n) is 6.17. The molecule has 0 aromatic carbocycles. The Kier molecular flexibility index (Phi) is 2.64. The fourth-order valence-corrected chi connectivity index (χ4v) is 3.99. The Bertz CT molecular complexity index is 878. The molecule has 2 heterocycles. The van der Waals surface area contributed by atoms with Crippen molar-refractivity contribution in [2.24, 2.45) is 23.7 Å². The summed E-state index contributed by atoms with van der Waals surface area (Å²) in [5, 5.41) is 0. The molecule has 1 saturated heterocycles. The highest BCUT2D eigenvalue weighted by atomic mass is 16.2. The van der Waals surface area contributed by atoms with Crippen molar-refractivity contribution in [1.82, 2.24) is 9.55 Å². The molecule has 2 aliphatic carbocycles. The minimum atomic E-state index is -0.896. The highest BCUT2D eigenvalue weighted by Gasteiger charge is 2.60. The molecule has 1 aromatic heterocycles. The molecule has 8 heteroatoms. The third-order valence-electron chi connectivity index (χ3n) is 4.97. The van der Waals surface area contributed by atoms with Gasteiger partial charge in [-0.05, 0) is 18.3 Å². The molecule has 0 spiro atoms. The topological polar surface area (TPSA) is 109 Å². The molecule has 1 N–H and O–H groups in total. The molecule has 4 rings (SSSR count). The molecule has 118 valence electrons. The fraction of sp³-hybridized carbons (Fsp3) is 0.400. The molecule has 2 fully saturated rings. The predicted molar refractivity (Wildman–Crippen MR) is 77.8 cm³/mol. The number of aromatic amines is 1. The van der Waals surface area contributed by atoms with Crippen LogP contribution in [-0.2, 0) is 9.59 Å². The van der Waals surface area contributed by atoms with Crippen molar-refractivity contribution in [2.75, 3.05) is 4.90 Å². The zero-order valence-corrected chi connectivity index (χ0v) is 12.2. The summed E-state index contributed by atoms with van der Waals surface area (Å²) in [7, 11) is 0. The number of allylic oxidation sites excluding steroid dienone is 2. The van der Waals surface area contributed by atoms with Gasteiger partial charge in [0.2, 0.25) is 17.7 Å². The number of aromatic nitrogens is 2. The predicted octanol–water partition coefficient (Wildman–Crippen LogP) is -0.492. The van der Waals surface area contributed by atoms with Gasteiger partial charge >= 0.3 is 5.69 Å². The Hall–Kier alpha value is -2.77. The SMILES string of the molecule is CC(=O)n1cc(N2C(=O)C3C4C=CC(C4)C3C2=O)c(=O)[nH]c1=O. The van der Waals surface area contributed by atoms with E-state index in [1.807, 2.05) is 17.1 Å². The maximum absolute atomic E-state index is 12.7. The first-order valence-corrected chi connectivity index (χ1v) is 7.33. The Morgan fingerprint density at radius 1 is 1.09 bits per heavy atom. The largest absolute Gasteiger partial charge is 0.335 e. The highest BCUT2D eigenvalue weighted by Crippen LogP contribution is 2.52. The number of fused-ring (bicyclic) bond motifs is 5. The minimum absolute atomic E-state index is 0.0178. The molecule has 8 nitrogen and oxygen atoms in total. The average Bonchev–Trinajstić information content (AvgIpc) is 3.14. The van der Waals surface area contributed by atoms with E-state index in [2.05, 4.69) is 0 Å². The van der Waals surface area contributed by atoms with Crippen LogP contribution in [0.15, 0.2) is 27.9 Å². The number of H-pyrrole nitrogens is 1. The first kappa shape index (κ1) is 13.9. The number of anilines is 1. The van der Waals surface area contributed by atoms with Crippen LogP contribution in [0.25, 0.3) is 0 Å². The lowest BCUT2D eigenvalue weighted by molar-refractivity contribution is -0.123. The van der Waals surface area contributed by atoms with Crippen molar-refractivity contribution >= 4 is 23.4 Å². The van der Waals surface area contributed by atoms with E-state index in [0.717, 1.165) is 24.4 Å². The molecule has 23 heavy (non-hydrogen) atoms. The quantitative estimate of drug-likeness (QED) is 0.555. The van der Waals surface area contributed by atoms with Crippen LogP contribution in [0.5, 0.6) is 0 Å². The fourth-order valence-electron chi connectivity index (χ4n) is 3.99. The summed E-state index contributed by atoms with van der Waals surface area (Å²) in [4.78, 5) is 63.2. The average molecular weight is 315 g/mol. The van der Waals surface area contributed by atoms with Gasteiger partial charge in [-0.2, -0.15) is 0 Å². The number of hydrogen-bond acceptors (Lipinski definition) is 5. The van der Waals surface area contributed by atoms with E-state index >= 15 is 0 Å². The van der Waals surface area contributed by atoms with Crippen LogP contribution in [0.4, 0.5) is 5.69 Å². The van der Waals surface area contributed by atoms with Gasteiger partial charge in [-0.3, -0.25) is 24.2 Å². The van der Waals surface area contributed by atoms with Gasteiger partial charge in [0.25, 0.3) is 5.56 Å². The van der Waals surface area contributed by atoms with Crippen molar-refractivity contribution in [3.8, 4) is 0 Å². The van der Waals surface area contributed by atoms with E-state index in [9.17, 15) is 24.0 Å². The lowest BCUT2D eigenvalue weighted by Gasteiger charge is -2.16. The number of carbonyl (C=O) groups excluding carboxylic acids is 3. The van der Waals surface area contributed by atoms with Crippen molar-refractivity contribution in [3.63, 3.8) is 0 Å². The van der Waals surface area contributed by atoms with Crippen LogP contribution >= 0.6 is 0 Å². The Labute approximate surface area is 129 Å². The molecule has 2 bridgehead atoms. The van der Waals surface area contributed by atoms with Crippen molar-refractivity contribution in [1.29, 1.82) is 0 Å². The second kappa shape index (κ2) is 4.37. The third-order valence-corrected chi connectivity index (χ3v) is 4.97. The lowest BCUT2D eigenvalue weighted by Crippen LogP contribution is -2.41. The van der Waals surface area contributed by atoms with Gasteiger partial charge in [0.15, 0.2) is 0 Å². The number of amides is 2. The molecular weight excluding hydrogens is 302 g/mol. The van der Waals surface area contributed by atoms with Crippen LogP contribution in [0.2, 0.25) is 0 Å². The molecule has 4 atom stereocenters. The minimum Gasteiger partial charge on any atom is -0.274 e. The summed E-state index contributed by atoms with van der Waals surface area (Å²) in [5.74, 6) is -2.35. The van der Waals surface area contributed by atoms with E-state index in [4.69, 9.17) is 0 Å². The molecule has 1 aliphatic heterocycles. The first-order chi connectivity index (χ1) is 10.9. The second-order valence-corrected chi connectivity index (χ2v) is 6.17. The zero-order chi connectivity index (χ0) is 16.5. The number of imide groups is 1. The molecule has 4 unspecified atom stereocenters. The van der Waals surface area contributed by atoms with Gasteiger partial charge < -0.3 is 0 Å². The molecule has 2 amide bonds. The normalized spacial score (nSPS) is 31.1. The summed E-state index contributed by atoms with van der Waals surface area (Å²) in [6.07, 6.45) is 5.64. The van der Waals surface area contributed by atoms with Crippen LogP contribution in [0.1, 0.15) is 18.1 Å². The number of carbonyl (C=O) groups is 3. The van der Waals surface area contributed by atoms with Gasteiger partial charge in [-0.15, -0.1) is 0 Å². The van der Waals surface area contributed by atoms with Crippen molar-refractivity contribution < 1.29 is 14.4 Å². The van der Waals surface area contributed by atoms with E-state index in [-0.39, 0.29) is 17.5 Å². The lowest BCUT2D eigenvalue weighted by atomic mass is 9.85. The molecule has 3 aliphatic rings. The van der Waals surface area contributed by atoms with Gasteiger partial charge in [0, 0.05) is 13.1 Å². The summed E-state index contributed by atoms with van der Waals surface area (Å²) in [6, 6.07) is 0. The maximum Gasteiger partial charge on any atom is 0.335 e. The molecule has 0 radical (unpaired) electrons. The van der Waals surface area contributed by atoms with Crippen LogP contribution in [-0.4, -0.2) is 27.3 Å². The van der Waals surface area contributed by atoms with E-state index in [0.29, 0.717) is 4.57 Å².